The summed E-state index contributed by atoms with van der Waals surface area (Å²) < 4.78 is 10.8. The second-order valence-corrected chi connectivity index (χ2v) is 4.33. The molecule has 0 aliphatic rings. The average molecular weight is 314 g/mol. The van der Waals surface area contributed by atoms with Gasteiger partial charge in [-0.25, -0.2) is 10.3 Å². The van der Waals surface area contributed by atoms with Crippen molar-refractivity contribution in [2.45, 2.75) is 0 Å². The maximum Gasteiger partial charge on any atom is 0.349 e. The molecule has 7 heteroatoms. The van der Waals surface area contributed by atoms with E-state index in [4.69, 9.17) is 14.4 Å². The second-order valence-electron chi connectivity index (χ2n) is 3.41. The fourth-order valence-corrected chi connectivity index (χ4v) is 1.99. The quantitative estimate of drug-likeness (QED) is 0.500. The molecular formula is C11H8BrNO5. The Balaban J connectivity index is 2.79. The van der Waals surface area contributed by atoms with Crippen molar-refractivity contribution in [3.8, 4) is 5.75 Å². The van der Waals surface area contributed by atoms with E-state index in [1.54, 1.807) is 12.1 Å². The third kappa shape index (κ3) is 2.09. The number of carbonyl (C=O) groups excluding carboxylic acids is 1. The number of ether oxygens (including phenoxy) is 1. The van der Waals surface area contributed by atoms with Crippen LogP contribution in [0.3, 0.4) is 0 Å². The first kappa shape index (κ1) is 12.6. The molecule has 1 amide bonds. The van der Waals surface area contributed by atoms with Gasteiger partial charge in [0.1, 0.15) is 5.56 Å². The van der Waals surface area contributed by atoms with E-state index in [-0.39, 0.29) is 11.1 Å². The van der Waals surface area contributed by atoms with Crippen LogP contribution in [0.25, 0.3) is 11.0 Å². The lowest BCUT2D eigenvalue weighted by Gasteiger charge is -2.06. The van der Waals surface area contributed by atoms with Gasteiger partial charge in [-0.3, -0.25) is 10.0 Å². The molecule has 0 bridgehead atoms. The molecule has 0 saturated carbocycles. The third-order valence-corrected chi connectivity index (χ3v) is 2.79. The van der Waals surface area contributed by atoms with Gasteiger partial charge in [0.15, 0.2) is 11.3 Å². The van der Waals surface area contributed by atoms with Crippen LogP contribution in [-0.2, 0) is 0 Å². The van der Waals surface area contributed by atoms with E-state index in [1.165, 1.54) is 18.7 Å². The highest BCUT2D eigenvalue weighted by molar-refractivity contribution is 9.10. The van der Waals surface area contributed by atoms with Crippen molar-refractivity contribution in [1.29, 1.82) is 0 Å². The van der Waals surface area contributed by atoms with Gasteiger partial charge in [0.2, 0.25) is 0 Å². The van der Waals surface area contributed by atoms with Crippen molar-refractivity contribution in [3.05, 3.63) is 38.7 Å². The number of halogens is 1. The highest BCUT2D eigenvalue weighted by Gasteiger charge is 2.15. The van der Waals surface area contributed by atoms with Crippen molar-refractivity contribution < 1.29 is 19.2 Å². The molecule has 0 aliphatic heterocycles. The molecule has 94 valence electrons. The van der Waals surface area contributed by atoms with E-state index in [0.29, 0.717) is 15.6 Å². The largest absolute Gasteiger partial charge is 0.493 e. The Kier molecular flexibility index (Phi) is 3.35. The molecule has 1 aromatic heterocycles. The van der Waals surface area contributed by atoms with Crippen LogP contribution < -0.4 is 15.8 Å². The van der Waals surface area contributed by atoms with E-state index < -0.39 is 11.5 Å². The number of fused-ring (bicyclic) bond motifs is 1. The van der Waals surface area contributed by atoms with Gasteiger partial charge >= 0.3 is 5.63 Å². The number of carbonyl (C=O) groups is 1. The molecule has 0 spiro atoms. The summed E-state index contributed by atoms with van der Waals surface area (Å²) in [7, 11) is 1.44. The summed E-state index contributed by atoms with van der Waals surface area (Å²) in [4.78, 5) is 22.8. The van der Waals surface area contributed by atoms with E-state index in [2.05, 4.69) is 15.9 Å². The molecule has 1 heterocycles. The fourth-order valence-electron chi connectivity index (χ4n) is 1.54. The fraction of sp³-hybridized carbons (Fsp3) is 0.0909. The molecule has 0 atom stereocenters. The highest BCUT2D eigenvalue weighted by Crippen LogP contribution is 2.29. The van der Waals surface area contributed by atoms with Gasteiger partial charge in [0.05, 0.1) is 7.11 Å². The Hall–Kier alpha value is -1.86. The minimum absolute atomic E-state index is 0.236. The van der Waals surface area contributed by atoms with Crippen LogP contribution >= 0.6 is 15.9 Å². The number of hydroxylamine groups is 1. The van der Waals surface area contributed by atoms with Gasteiger partial charge in [-0.1, -0.05) is 15.9 Å². The Labute approximate surface area is 109 Å². The van der Waals surface area contributed by atoms with E-state index >= 15 is 0 Å². The molecular weight excluding hydrogens is 306 g/mol. The number of rotatable bonds is 2. The summed E-state index contributed by atoms with van der Waals surface area (Å²) in [5, 5.41) is 9.03. The number of hydrogen-bond donors (Lipinski definition) is 2. The Morgan fingerprint density at radius 3 is 2.78 bits per heavy atom. The van der Waals surface area contributed by atoms with Crippen LogP contribution in [0.2, 0.25) is 0 Å². The van der Waals surface area contributed by atoms with Crippen molar-refractivity contribution in [2.24, 2.45) is 0 Å². The zero-order valence-corrected chi connectivity index (χ0v) is 10.8. The molecule has 2 rings (SSSR count). The molecule has 2 aromatic rings. The van der Waals surface area contributed by atoms with Crippen molar-refractivity contribution in [2.75, 3.05) is 7.11 Å². The Morgan fingerprint density at radius 2 is 2.17 bits per heavy atom. The first-order valence-electron chi connectivity index (χ1n) is 4.82. The summed E-state index contributed by atoms with van der Waals surface area (Å²) in [6.45, 7) is 0. The Morgan fingerprint density at radius 1 is 1.44 bits per heavy atom. The summed E-state index contributed by atoms with van der Waals surface area (Å²) in [6.07, 6.45) is 0. The minimum atomic E-state index is -0.926. The van der Waals surface area contributed by atoms with Crippen LogP contribution in [0.4, 0.5) is 0 Å². The summed E-state index contributed by atoms with van der Waals surface area (Å²) in [5.74, 6) is -0.558. The normalized spacial score (nSPS) is 10.4. The average Bonchev–Trinajstić information content (AvgIpc) is 2.36. The van der Waals surface area contributed by atoms with Crippen LogP contribution in [0.5, 0.6) is 5.75 Å². The van der Waals surface area contributed by atoms with Crippen molar-refractivity contribution in [1.82, 2.24) is 5.48 Å². The van der Waals surface area contributed by atoms with Gasteiger partial charge < -0.3 is 9.15 Å². The lowest BCUT2D eigenvalue weighted by molar-refractivity contribution is 0.0702. The monoisotopic (exact) mass is 313 g/mol. The summed E-state index contributed by atoms with van der Waals surface area (Å²) in [5.41, 5.74) is 0.485. The molecule has 0 aliphatic carbocycles. The number of benzene rings is 1. The molecule has 18 heavy (non-hydrogen) atoms. The van der Waals surface area contributed by atoms with Crippen molar-refractivity contribution >= 4 is 32.8 Å². The lowest BCUT2D eigenvalue weighted by Crippen LogP contribution is -2.25. The first-order valence-corrected chi connectivity index (χ1v) is 5.62. The number of hydrogen-bond acceptors (Lipinski definition) is 5. The number of amides is 1. The smallest absolute Gasteiger partial charge is 0.349 e. The predicted octanol–water partition coefficient (Wildman–Crippen LogP) is 1.68. The molecule has 0 unspecified atom stereocenters. The van der Waals surface area contributed by atoms with E-state index in [0.717, 1.165) is 0 Å². The van der Waals surface area contributed by atoms with Crippen LogP contribution in [0.15, 0.2) is 31.9 Å². The van der Waals surface area contributed by atoms with Gasteiger partial charge in [0, 0.05) is 9.86 Å². The van der Waals surface area contributed by atoms with Crippen LogP contribution in [0, 0.1) is 0 Å². The molecule has 0 saturated heterocycles. The van der Waals surface area contributed by atoms with E-state index in [1.807, 2.05) is 0 Å². The van der Waals surface area contributed by atoms with Gasteiger partial charge in [-0.05, 0) is 18.2 Å². The second kappa shape index (κ2) is 4.79. The standard InChI is InChI=1S/C11H8BrNO5/c1-17-8-4-6(12)2-5-3-7(10(14)13-16)11(15)18-9(5)8/h2-4,16H,1H3,(H,13,14). The minimum Gasteiger partial charge on any atom is -0.493 e. The van der Waals surface area contributed by atoms with Crippen LogP contribution in [0.1, 0.15) is 10.4 Å². The van der Waals surface area contributed by atoms with E-state index in [9.17, 15) is 9.59 Å². The van der Waals surface area contributed by atoms with Gasteiger partial charge in [0.25, 0.3) is 5.91 Å². The maximum atomic E-state index is 11.6. The molecule has 6 nitrogen and oxygen atoms in total. The first-order chi connectivity index (χ1) is 8.56. The molecule has 0 fully saturated rings. The van der Waals surface area contributed by atoms with Crippen molar-refractivity contribution in [3.63, 3.8) is 0 Å². The highest BCUT2D eigenvalue weighted by atomic mass is 79.9. The SMILES string of the molecule is COc1cc(Br)cc2cc(C(=O)NO)c(=O)oc12. The topological polar surface area (TPSA) is 88.8 Å². The van der Waals surface area contributed by atoms with Gasteiger partial charge in [-0.15, -0.1) is 0 Å². The zero-order chi connectivity index (χ0) is 13.3. The number of methoxy groups -OCH3 is 1. The zero-order valence-electron chi connectivity index (χ0n) is 9.19. The summed E-state index contributed by atoms with van der Waals surface area (Å²) in [6, 6.07) is 4.62. The number of nitrogens with one attached hydrogen (secondary N) is 1. The summed E-state index contributed by atoms with van der Waals surface area (Å²) >= 11 is 3.27. The predicted molar refractivity (Wildman–Crippen MR) is 66.0 cm³/mol. The molecule has 1 aromatic carbocycles. The molecule has 2 N–H and O–H groups in total. The van der Waals surface area contributed by atoms with Crippen LogP contribution in [-0.4, -0.2) is 18.2 Å². The molecule has 0 radical (unpaired) electrons. The van der Waals surface area contributed by atoms with Gasteiger partial charge in [-0.2, -0.15) is 0 Å². The third-order valence-electron chi connectivity index (χ3n) is 2.33. The maximum absolute atomic E-state index is 11.6. The lowest BCUT2D eigenvalue weighted by atomic mass is 10.1. The Bertz CT molecular complexity index is 679.